The van der Waals surface area contributed by atoms with Gasteiger partial charge in [0.15, 0.2) is 11.3 Å². The molecule has 124 valence electrons. The van der Waals surface area contributed by atoms with Gasteiger partial charge in [-0.15, -0.1) is 0 Å². The minimum atomic E-state index is -0.461. The Morgan fingerprint density at radius 1 is 1.25 bits per heavy atom. The van der Waals surface area contributed by atoms with Crippen LogP contribution in [0.5, 0.6) is 5.75 Å². The number of benzene rings is 1. The van der Waals surface area contributed by atoms with E-state index in [4.69, 9.17) is 9.47 Å². The zero-order valence-electron chi connectivity index (χ0n) is 13.9. The molecule has 0 unspecified atom stereocenters. The van der Waals surface area contributed by atoms with Crippen LogP contribution >= 0.6 is 0 Å². The lowest BCUT2D eigenvalue weighted by Gasteiger charge is -2.09. The monoisotopic (exact) mass is 325 g/mol. The SMILES string of the molecule is CCOC(=O)c1ncn2c(CC)cc(-c3cccc(OC)c3)nc12. The van der Waals surface area contributed by atoms with Gasteiger partial charge in [0, 0.05) is 11.3 Å². The van der Waals surface area contributed by atoms with E-state index in [1.54, 1.807) is 20.4 Å². The number of rotatable bonds is 5. The van der Waals surface area contributed by atoms with Gasteiger partial charge in [-0.05, 0) is 31.5 Å². The summed E-state index contributed by atoms with van der Waals surface area (Å²) in [6.45, 7) is 4.12. The van der Waals surface area contributed by atoms with E-state index < -0.39 is 5.97 Å². The van der Waals surface area contributed by atoms with Crippen molar-refractivity contribution in [3.63, 3.8) is 0 Å². The first-order chi connectivity index (χ1) is 11.7. The Morgan fingerprint density at radius 2 is 2.08 bits per heavy atom. The Morgan fingerprint density at radius 3 is 2.79 bits per heavy atom. The predicted molar refractivity (Wildman–Crippen MR) is 90.3 cm³/mol. The van der Waals surface area contributed by atoms with Crippen molar-refractivity contribution in [2.75, 3.05) is 13.7 Å². The number of imidazole rings is 1. The highest BCUT2D eigenvalue weighted by molar-refractivity contribution is 5.94. The highest BCUT2D eigenvalue weighted by Crippen LogP contribution is 2.25. The summed E-state index contributed by atoms with van der Waals surface area (Å²) in [7, 11) is 1.63. The maximum absolute atomic E-state index is 12.1. The first kappa shape index (κ1) is 16.0. The van der Waals surface area contributed by atoms with E-state index in [2.05, 4.69) is 9.97 Å². The van der Waals surface area contributed by atoms with Gasteiger partial charge in [-0.1, -0.05) is 19.1 Å². The smallest absolute Gasteiger partial charge is 0.360 e. The molecule has 0 bridgehead atoms. The number of fused-ring (bicyclic) bond motifs is 1. The largest absolute Gasteiger partial charge is 0.497 e. The van der Waals surface area contributed by atoms with Crippen molar-refractivity contribution in [2.24, 2.45) is 0 Å². The van der Waals surface area contributed by atoms with Gasteiger partial charge in [0.05, 0.1) is 19.4 Å². The normalized spacial score (nSPS) is 10.8. The Balaban J connectivity index is 2.18. The summed E-state index contributed by atoms with van der Waals surface area (Å²) in [5.41, 5.74) is 3.44. The number of hydrogen-bond acceptors (Lipinski definition) is 5. The van der Waals surface area contributed by atoms with Gasteiger partial charge in [-0.3, -0.25) is 4.40 Å². The number of hydrogen-bond donors (Lipinski definition) is 0. The maximum atomic E-state index is 12.1. The van der Waals surface area contributed by atoms with Crippen molar-refractivity contribution in [2.45, 2.75) is 20.3 Å². The van der Waals surface area contributed by atoms with Crippen molar-refractivity contribution in [3.8, 4) is 17.0 Å². The van der Waals surface area contributed by atoms with Gasteiger partial charge in [0.25, 0.3) is 0 Å². The second-order valence-corrected chi connectivity index (χ2v) is 5.23. The molecule has 0 N–H and O–H groups in total. The molecule has 0 fully saturated rings. The van der Waals surface area contributed by atoms with Crippen LogP contribution in [0.25, 0.3) is 16.9 Å². The number of carbonyl (C=O) groups excluding carboxylic acids is 1. The predicted octanol–water partition coefficient (Wildman–Crippen LogP) is 3.14. The quantitative estimate of drug-likeness (QED) is 0.674. The van der Waals surface area contributed by atoms with Crippen molar-refractivity contribution in [3.05, 3.63) is 48.0 Å². The topological polar surface area (TPSA) is 65.7 Å². The Bertz CT molecular complexity index is 886. The number of esters is 1. The first-order valence-electron chi connectivity index (χ1n) is 7.86. The maximum Gasteiger partial charge on any atom is 0.360 e. The second kappa shape index (κ2) is 6.70. The minimum absolute atomic E-state index is 0.233. The van der Waals surface area contributed by atoms with Crippen molar-refractivity contribution in [1.82, 2.24) is 14.4 Å². The molecular formula is C18H19N3O3. The van der Waals surface area contributed by atoms with Crippen molar-refractivity contribution in [1.29, 1.82) is 0 Å². The van der Waals surface area contributed by atoms with E-state index in [-0.39, 0.29) is 5.69 Å². The molecule has 0 atom stereocenters. The van der Waals surface area contributed by atoms with E-state index in [0.717, 1.165) is 29.1 Å². The van der Waals surface area contributed by atoms with Crippen LogP contribution in [0.3, 0.4) is 0 Å². The molecular weight excluding hydrogens is 306 g/mol. The van der Waals surface area contributed by atoms with E-state index in [1.807, 2.05) is 41.7 Å². The minimum Gasteiger partial charge on any atom is -0.497 e. The zero-order valence-corrected chi connectivity index (χ0v) is 13.9. The molecule has 2 aromatic heterocycles. The van der Waals surface area contributed by atoms with Crippen molar-refractivity contribution < 1.29 is 14.3 Å². The lowest BCUT2D eigenvalue weighted by molar-refractivity contribution is 0.0522. The number of nitrogens with zero attached hydrogens (tertiary/aromatic N) is 3. The third-order valence-electron chi connectivity index (χ3n) is 3.78. The van der Waals surface area contributed by atoms with Crippen LogP contribution in [0.15, 0.2) is 36.7 Å². The third-order valence-corrected chi connectivity index (χ3v) is 3.78. The molecule has 24 heavy (non-hydrogen) atoms. The van der Waals surface area contributed by atoms with Crippen LogP contribution in [0.4, 0.5) is 0 Å². The Labute approximate surface area is 140 Å². The second-order valence-electron chi connectivity index (χ2n) is 5.23. The lowest BCUT2D eigenvalue weighted by atomic mass is 10.1. The molecule has 0 aliphatic carbocycles. The summed E-state index contributed by atoms with van der Waals surface area (Å²) >= 11 is 0. The average Bonchev–Trinajstić information content (AvgIpc) is 3.05. The molecule has 0 aliphatic heterocycles. The van der Waals surface area contributed by atoms with Crippen LogP contribution in [0.2, 0.25) is 0 Å². The molecule has 0 radical (unpaired) electrons. The van der Waals surface area contributed by atoms with E-state index in [1.165, 1.54) is 0 Å². The van der Waals surface area contributed by atoms with Crippen LogP contribution in [0, 0.1) is 0 Å². The molecule has 0 spiro atoms. The van der Waals surface area contributed by atoms with Crippen LogP contribution in [-0.2, 0) is 11.2 Å². The number of aromatic nitrogens is 3. The summed E-state index contributed by atoms with van der Waals surface area (Å²) in [5.74, 6) is 0.295. The lowest BCUT2D eigenvalue weighted by Crippen LogP contribution is -2.07. The molecule has 0 aliphatic rings. The molecule has 0 amide bonds. The van der Waals surface area contributed by atoms with Crippen LogP contribution < -0.4 is 4.74 Å². The van der Waals surface area contributed by atoms with Gasteiger partial charge in [0.1, 0.15) is 12.1 Å². The molecule has 6 heteroatoms. The molecule has 0 saturated carbocycles. The Kier molecular flexibility index (Phi) is 4.46. The van der Waals surface area contributed by atoms with Crippen LogP contribution in [-0.4, -0.2) is 34.1 Å². The zero-order chi connectivity index (χ0) is 17.1. The highest BCUT2D eigenvalue weighted by atomic mass is 16.5. The molecule has 2 heterocycles. The summed E-state index contributed by atoms with van der Waals surface area (Å²) in [4.78, 5) is 20.9. The fraction of sp³-hybridized carbons (Fsp3) is 0.278. The molecule has 0 saturated heterocycles. The molecule has 1 aromatic carbocycles. The Hall–Kier alpha value is -2.89. The van der Waals surface area contributed by atoms with Gasteiger partial charge in [-0.25, -0.2) is 14.8 Å². The van der Waals surface area contributed by atoms with E-state index in [0.29, 0.717) is 12.3 Å². The standard InChI is InChI=1S/C18H19N3O3/c1-4-13-10-15(12-7-6-8-14(9-12)23-3)20-17-16(18(22)24-5-2)19-11-21(13)17/h6-11H,4-5H2,1-3H3. The van der Waals surface area contributed by atoms with Gasteiger partial charge < -0.3 is 9.47 Å². The number of ether oxygens (including phenoxy) is 2. The average molecular weight is 325 g/mol. The fourth-order valence-corrected chi connectivity index (χ4v) is 2.58. The number of carbonyl (C=O) groups is 1. The molecule has 3 rings (SSSR count). The van der Waals surface area contributed by atoms with E-state index >= 15 is 0 Å². The van der Waals surface area contributed by atoms with Gasteiger partial charge in [0.2, 0.25) is 0 Å². The third kappa shape index (κ3) is 2.82. The first-order valence-corrected chi connectivity index (χ1v) is 7.86. The van der Waals surface area contributed by atoms with Gasteiger partial charge >= 0.3 is 5.97 Å². The summed E-state index contributed by atoms with van der Waals surface area (Å²) in [6.07, 6.45) is 2.40. The fourth-order valence-electron chi connectivity index (χ4n) is 2.58. The summed E-state index contributed by atoms with van der Waals surface area (Å²) in [6, 6.07) is 9.66. The summed E-state index contributed by atoms with van der Waals surface area (Å²) < 4.78 is 12.2. The molecule has 6 nitrogen and oxygen atoms in total. The van der Waals surface area contributed by atoms with Crippen LogP contribution in [0.1, 0.15) is 30.0 Å². The highest BCUT2D eigenvalue weighted by Gasteiger charge is 2.18. The summed E-state index contributed by atoms with van der Waals surface area (Å²) in [5, 5.41) is 0. The number of aryl methyl sites for hydroxylation is 1. The van der Waals surface area contributed by atoms with E-state index in [9.17, 15) is 4.79 Å². The molecule has 3 aromatic rings. The van der Waals surface area contributed by atoms with Gasteiger partial charge in [-0.2, -0.15) is 0 Å². The van der Waals surface area contributed by atoms with Crippen molar-refractivity contribution >= 4 is 11.6 Å². The number of methoxy groups -OCH3 is 1.